The van der Waals surface area contributed by atoms with Crippen LogP contribution in [0.5, 0.6) is 0 Å². The van der Waals surface area contributed by atoms with Crippen LogP contribution in [0, 0.1) is 5.82 Å². The second-order valence-electron chi connectivity index (χ2n) is 2.72. The lowest BCUT2D eigenvalue weighted by Crippen LogP contribution is -2.07. The van der Waals surface area contributed by atoms with Gasteiger partial charge in [0, 0.05) is 0 Å². The molecule has 15 heavy (non-hydrogen) atoms. The van der Waals surface area contributed by atoms with Crippen LogP contribution >= 0.6 is 0 Å². The zero-order chi connectivity index (χ0) is 11.5. The lowest BCUT2D eigenvalue weighted by Gasteiger charge is -2.09. The molecule has 1 aromatic carbocycles. The molecule has 0 saturated carbocycles. The molecule has 0 unspecified atom stereocenters. The molecule has 0 N–H and O–H groups in total. The zero-order valence-electron chi connectivity index (χ0n) is 7.38. The van der Waals surface area contributed by atoms with E-state index in [1.54, 1.807) is 0 Å². The first-order chi connectivity index (χ1) is 6.95. The van der Waals surface area contributed by atoms with Gasteiger partial charge in [-0.05, 0) is 29.8 Å². The molecule has 0 heterocycles. The highest BCUT2D eigenvalue weighted by Gasteiger charge is 2.32. The first-order valence-corrected chi connectivity index (χ1v) is 3.94. The predicted molar refractivity (Wildman–Crippen MR) is 46.5 cm³/mol. The van der Waals surface area contributed by atoms with Crippen LogP contribution in [0.2, 0.25) is 0 Å². The molecule has 0 fully saturated rings. The SMILES string of the molecule is O=CC=Cc1cc(F)ccc1C(F)(F)F. The Bertz CT molecular complexity index is 393. The van der Waals surface area contributed by atoms with Gasteiger partial charge in [-0.15, -0.1) is 0 Å². The van der Waals surface area contributed by atoms with Crippen LogP contribution in [0.25, 0.3) is 6.08 Å². The van der Waals surface area contributed by atoms with Crippen molar-refractivity contribution in [3.8, 4) is 0 Å². The van der Waals surface area contributed by atoms with Crippen LogP contribution in [-0.4, -0.2) is 6.29 Å². The van der Waals surface area contributed by atoms with E-state index >= 15 is 0 Å². The van der Waals surface area contributed by atoms with Crippen LogP contribution in [0.4, 0.5) is 17.6 Å². The number of rotatable bonds is 2. The summed E-state index contributed by atoms with van der Waals surface area (Å²) < 4.78 is 49.8. The monoisotopic (exact) mass is 218 g/mol. The van der Waals surface area contributed by atoms with Crippen molar-refractivity contribution in [2.45, 2.75) is 6.18 Å². The number of alkyl halides is 3. The average Bonchev–Trinajstić information content (AvgIpc) is 2.12. The standard InChI is InChI=1S/C10H6F4O/c11-8-3-4-9(10(12,13)14)7(6-8)2-1-5-15/h1-6H. The molecule has 0 aliphatic carbocycles. The lowest BCUT2D eigenvalue weighted by molar-refractivity contribution is -0.137. The van der Waals surface area contributed by atoms with E-state index in [1.807, 2.05) is 0 Å². The Kier molecular flexibility index (Phi) is 3.24. The molecule has 0 aromatic heterocycles. The van der Waals surface area contributed by atoms with Gasteiger partial charge >= 0.3 is 6.18 Å². The summed E-state index contributed by atoms with van der Waals surface area (Å²) in [4.78, 5) is 9.96. The molecule has 0 amide bonds. The van der Waals surface area contributed by atoms with Crippen LogP contribution in [0.15, 0.2) is 24.3 Å². The van der Waals surface area contributed by atoms with Crippen molar-refractivity contribution in [3.05, 3.63) is 41.2 Å². The van der Waals surface area contributed by atoms with Crippen LogP contribution < -0.4 is 0 Å². The van der Waals surface area contributed by atoms with E-state index in [-0.39, 0.29) is 5.56 Å². The van der Waals surface area contributed by atoms with Gasteiger partial charge < -0.3 is 0 Å². The van der Waals surface area contributed by atoms with E-state index in [4.69, 9.17) is 0 Å². The van der Waals surface area contributed by atoms with Crippen molar-refractivity contribution >= 4 is 12.4 Å². The molecule has 0 aliphatic rings. The third kappa shape index (κ3) is 2.90. The molecule has 0 saturated heterocycles. The molecule has 1 rings (SSSR count). The largest absolute Gasteiger partial charge is 0.416 e. The second-order valence-corrected chi connectivity index (χ2v) is 2.72. The van der Waals surface area contributed by atoms with E-state index in [1.165, 1.54) is 0 Å². The third-order valence-corrected chi connectivity index (χ3v) is 1.67. The lowest BCUT2D eigenvalue weighted by atomic mass is 10.1. The average molecular weight is 218 g/mol. The van der Waals surface area contributed by atoms with Gasteiger partial charge in [-0.2, -0.15) is 13.2 Å². The normalized spacial score (nSPS) is 12.0. The smallest absolute Gasteiger partial charge is 0.299 e. The molecule has 0 aliphatic heterocycles. The van der Waals surface area contributed by atoms with Crippen molar-refractivity contribution < 1.29 is 22.4 Å². The number of carbonyl (C=O) groups excluding carboxylic acids is 1. The van der Waals surface area contributed by atoms with E-state index in [2.05, 4.69) is 0 Å². The van der Waals surface area contributed by atoms with E-state index in [0.717, 1.165) is 24.3 Å². The highest BCUT2D eigenvalue weighted by Crippen LogP contribution is 2.32. The van der Waals surface area contributed by atoms with E-state index in [0.29, 0.717) is 12.4 Å². The maximum absolute atomic E-state index is 12.7. The van der Waals surface area contributed by atoms with Gasteiger partial charge in [0.2, 0.25) is 0 Å². The highest BCUT2D eigenvalue weighted by atomic mass is 19.4. The fourth-order valence-electron chi connectivity index (χ4n) is 1.07. The second kappa shape index (κ2) is 4.25. The maximum atomic E-state index is 12.7. The summed E-state index contributed by atoms with van der Waals surface area (Å²) in [6.45, 7) is 0. The molecule has 0 atom stereocenters. The Labute approximate surface area is 83.0 Å². The molecule has 0 spiro atoms. The fourth-order valence-corrected chi connectivity index (χ4v) is 1.07. The summed E-state index contributed by atoms with van der Waals surface area (Å²) >= 11 is 0. The van der Waals surface area contributed by atoms with Crippen LogP contribution in [-0.2, 0) is 11.0 Å². The van der Waals surface area contributed by atoms with Crippen molar-refractivity contribution in [1.82, 2.24) is 0 Å². The topological polar surface area (TPSA) is 17.1 Å². The van der Waals surface area contributed by atoms with Gasteiger partial charge in [-0.3, -0.25) is 4.79 Å². The van der Waals surface area contributed by atoms with Crippen LogP contribution in [0.1, 0.15) is 11.1 Å². The number of aldehydes is 1. The molecule has 0 radical (unpaired) electrons. The maximum Gasteiger partial charge on any atom is 0.416 e. The van der Waals surface area contributed by atoms with Gasteiger partial charge in [-0.1, -0.05) is 6.08 Å². The molecule has 0 bridgehead atoms. The molecular weight excluding hydrogens is 212 g/mol. The summed E-state index contributed by atoms with van der Waals surface area (Å²) in [7, 11) is 0. The number of hydrogen-bond acceptors (Lipinski definition) is 1. The molecule has 80 valence electrons. The van der Waals surface area contributed by atoms with Crippen molar-refractivity contribution in [3.63, 3.8) is 0 Å². The number of benzene rings is 1. The quantitative estimate of drug-likeness (QED) is 0.423. The summed E-state index contributed by atoms with van der Waals surface area (Å²) in [5, 5.41) is 0. The van der Waals surface area contributed by atoms with E-state index < -0.39 is 17.6 Å². The number of carbonyl (C=O) groups is 1. The van der Waals surface area contributed by atoms with Gasteiger partial charge in [0.05, 0.1) is 5.56 Å². The molecular formula is C10H6F4O. The van der Waals surface area contributed by atoms with Crippen molar-refractivity contribution in [2.75, 3.05) is 0 Å². The minimum atomic E-state index is -4.56. The molecule has 1 nitrogen and oxygen atoms in total. The Morgan fingerprint density at radius 3 is 2.40 bits per heavy atom. The Morgan fingerprint density at radius 2 is 1.87 bits per heavy atom. The Hall–Kier alpha value is -1.65. The Balaban J connectivity index is 3.26. The van der Waals surface area contributed by atoms with E-state index in [9.17, 15) is 22.4 Å². The first-order valence-electron chi connectivity index (χ1n) is 3.94. The summed E-state index contributed by atoms with van der Waals surface area (Å²) in [5.74, 6) is -0.784. The van der Waals surface area contributed by atoms with Gasteiger partial charge in [-0.25, -0.2) is 4.39 Å². The van der Waals surface area contributed by atoms with Crippen molar-refractivity contribution in [1.29, 1.82) is 0 Å². The third-order valence-electron chi connectivity index (χ3n) is 1.67. The zero-order valence-corrected chi connectivity index (χ0v) is 7.38. The van der Waals surface area contributed by atoms with Crippen molar-refractivity contribution in [2.24, 2.45) is 0 Å². The number of allylic oxidation sites excluding steroid dienone is 1. The minimum absolute atomic E-state index is 0.324. The molecule has 5 heteroatoms. The van der Waals surface area contributed by atoms with Gasteiger partial charge in [0.25, 0.3) is 0 Å². The van der Waals surface area contributed by atoms with Crippen LogP contribution in [0.3, 0.4) is 0 Å². The summed E-state index contributed by atoms with van der Waals surface area (Å²) in [6, 6.07) is 2.09. The first kappa shape index (κ1) is 11.4. The Morgan fingerprint density at radius 1 is 1.20 bits per heavy atom. The highest BCUT2D eigenvalue weighted by molar-refractivity contribution is 5.74. The predicted octanol–water partition coefficient (Wildman–Crippen LogP) is 3.06. The molecule has 1 aromatic rings. The summed E-state index contributed by atoms with van der Waals surface area (Å²) in [6.07, 6.45) is -2.44. The summed E-state index contributed by atoms with van der Waals surface area (Å²) in [5.41, 5.74) is -1.34. The van der Waals surface area contributed by atoms with Gasteiger partial charge in [0.15, 0.2) is 0 Å². The fraction of sp³-hybridized carbons (Fsp3) is 0.100. The number of halogens is 4. The number of hydrogen-bond donors (Lipinski definition) is 0. The van der Waals surface area contributed by atoms with Gasteiger partial charge in [0.1, 0.15) is 12.1 Å². The minimum Gasteiger partial charge on any atom is -0.299 e.